The Morgan fingerprint density at radius 3 is 2.67 bits per heavy atom. The van der Waals surface area contributed by atoms with Crippen LogP contribution in [0.3, 0.4) is 0 Å². The maximum atomic E-state index is 10.4. The smallest absolute Gasteiger partial charge is 0.303 e. The van der Waals surface area contributed by atoms with Crippen LogP contribution in [-0.2, 0) is 11.2 Å². The Labute approximate surface area is 108 Å². The highest BCUT2D eigenvalue weighted by Gasteiger charge is 2.09. The topological polar surface area (TPSA) is 76.2 Å². The molecule has 18 heavy (non-hydrogen) atoms. The highest BCUT2D eigenvalue weighted by molar-refractivity contribution is 7.98. The van der Waals surface area contributed by atoms with E-state index in [9.17, 15) is 4.79 Å². The van der Waals surface area contributed by atoms with Crippen molar-refractivity contribution in [2.75, 3.05) is 6.26 Å². The zero-order chi connectivity index (χ0) is 13.0. The first-order valence-corrected chi connectivity index (χ1v) is 6.60. The number of carboxylic acids is 1. The van der Waals surface area contributed by atoms with Crippen LogP contribution in [0.15, 0.2) is 33.6 Å². The number of hydrogen-bond acceptors (Lipinski definition) is 5. The zero-order valence-electron chi connectivity index (χ0n) is 9.79. The van der Waals surface area contributed by atoms with Gasteiger partial charge in [-0.05, 0) is 30.5 Å². The number of rotatable bonds is 5. The standard InChI is InChI=1S/C12H12N2O3S/c1-18-9-4-2-8(3-5-9)12-14-13-10(17-12)6-7-11(15)16/h2-5H,6-7H2,1H3,(H,15,16). The molecule has 94 valence electrons. The van der Waals surface area contributed by atoms with Gasteiger partial charge in [-0.15, -0.1) is 22.0 Å². The molecular formula is C12H12N2O3S. The molecule has 0 aliphatic carbocycles. The summed E-state index contributed by atoms with van der Waals surface area (Å²) >= 11 is 1.66. The van der Waals surface area contributed by atoms with Crippen molar-refractivity contribution in [3.63, 3.8) is 0 Å². The molecule has 0 bridgehead atoms. The average molecular weight is 264 g/mol. The second-order valence-electron chi connectivity index (χ2n) is 3.62. The molecule has 2 aromatic rings. The van der Waals surface area contributed by atoms with Crippen molar-refractivity contribution in [1.82, 2.24) is 10.2 Å². The molecule has 2 rings (SSSR count). The first-order chi connectivity index (χ1) is 8.69. The summed E-state index contributed by atoms with van der Waals surface area (Å²) in [5.41, 5.74) is 0.835. The van der Waals surface area contributed by atoms with E-state index in [4.69, 9.17) is 9.52 Å². The summed E-state index contributed by atoms with van der Waals surface area (Å²) in [5, 5.41) is 16.3. The molecule has 0 aliphatic heterocycles. The predicted octanol–water partition coefficient (Wildman–Crippen LogP) is 2.48. The number of benzene rings is 1. The molecule has 0 fully saturated rings. The molecule has 0 amide bonds. The summed E-state index contributed by atoms with van der Waals surface area (Å²) in [5.74, 6) is -0.108. The number of aromatic nitrogens is 2. The summed E-state index contributed by atoms with van der Waals surface area (Å²) in [6.07, 6.45) is 2.25. The van der Waals surface area contributed by atoms with Gasteiger partial charge in [0.2, 0.25) is 11.8 Å². The van der Waals surface area contributed by atoms with Crippen LogP contribution in [0.4, 0.5) is 0 Å². The van der Waals surface area contributed by atoms with Gasteiger partial charge in [0.25, 0.3) is 0 Å². The summed E-state index contributed by atoms with van der Waals surface area (Å²) in [7, 11) is 0. The van der Waals surface area contributed by atoms with Gasteiger partial charge < -0.3 is 9.52 Å². The number of hydrogen-bond donors (Lipinski definition) is 1. The minimum Gasteiger partial charge on any atom is -0.481 e. The molecule has 0 spiro atoms. The SMILES string of the molecule is CSc1ccc(-c2nnc(CCC(=O)O)o2)cc1. The fraction of sp³-hybridized carbons (Fsp3) is 0.250. The van der Waals surface area contributed by atoms with Crippen LogP contribution >= 0.6 is 11.8 Å². The largest absolute Gasteiger partial charge is 0.481 e. The van der Waals surface area contributed by atoms with Crippen LogP contribution in [-0.4, -0.2) is 27.5 Å². The molecule has 1 aromatic heterocycles. The van der Waals surface area contributed by atoms with Gasteiger partial charge in [-0.3, -0.25) is 4.79 Å². The summed E-state index contributed by atoms with van der Waals surface area (Å²) in [4.78, 5) is 11.6. The highest BCUT2D eigenvalue weighted by Crippen LogP contribution is 2.22. The first kappa shape index (κ1) is 12.6. The van der Waals surface area contributed by atoms with Crippen molar-refractivity contribution in [2.45, 2.75) is 17.7 Å². The predicted molar refractivity (Wildman–Crippen MR) is 67.5 cm³/mol. The quantitative estimate of drug-likeness (QED) is 0.836. The number of carboxylic acid groups (broad SMARTS) is 1. The van der Waals surface area contributed by atoms with Gasteiger partial charge >= 0.3 is 5.97 Å². The Morgan fingerprint density at radius 1 is 1.33 bits per heavy atom. The van der Waals surface area contributed by atoms with E-state index < -0.39 is 5.97 Å². The van der Waals surface area contributed by atoms with Gasteiger partial charge in [-0.25, -0.2) is 0 Å². The van der Waals surface area contributed by atoms with E-state index in [0.717, 1.165) is 10.5 Å². The van der Waals surface area contributed by atoms with Crippen LogP contribution in [0.25, 0.3) is 11.5 Å². The van der Waals surface area contributed by atoms with E-state index in [0.29, 0.717) is 11.8 Å². The Kier molecular flexibility index (Phi) is 3.99. The Morgan fingerprint density at radius 2 is 2.06 bits per heavy atom. The molecule has 0 saturated heterocycles. The molecular weight excluding hydrogens is 252 g/mol. The summed E-state index contributed by atoms with van der Waals surface area (Å²) < 4.78 is 5.40. The Hall–Kier alpha value is -1.82. The van der Waals surface area contributed by atoms with E-state index in [2.05, 4.69) is 10.2 Å². The van der Waals surface area contributed by atoms with E-state index in [-0.39, 0.29) is 12.8 Å². The second-order valence-corrected chi connectivity index (χ2v) is 4.50. The van der Waals surface area contributed by atoms with Crippen molar-refractivity contribution in [2.24, 2.45) is 0 Å². The number of nitrogens with zero attached hydrogens (tertiary/aromatic N) is 2. The van der Waals surface area contributed by atoms with Crippen molar-refractivity contribution in [3.05, 3.63) is 30.2 Å². The summed E-state index contributed by atoms with van der Waals surface area (Å²) in [6, 6.07) is 7.75. The average Bonchev–Trinajstić information content (AvgIpc) is 2.85. The van der Waals surface area contributed by atoms with Gasteiger partial charge in [-0.2, -0.15) is 0 Å². The van der Waals surface area contributed by atoms with E-state index in [1.54, 1.807) is 11.8 Å². The Balaban J connectivity index is 2.10. The third-order valence-corrected chi connectivity index (χ3v) is 3.10. The van der Waals surface area contributed by atoms with Gasteiger partial charge in [0.15, 0.2) is 0 Å². The lowest BCUT2D eigenvalue weighted by atomic mass is 10.2. The zero-order valence-corrected chi connectivity index (χ0v) is 10.6. The van der Waals surface area contributed by atoms with Gasteiger partial charge in [0.1, 0.15) is 0 Å². The lowest BCUT2D eigenvalue weighted by Crippen LogP contribution is -1.97. The fourth-order valence-corrected chi connectivity index (χ4v) is 1.83. The van der Waals surface area contributed by atoms with E-state index in [1.165, 1.54) is 0 Å². The van der Waals surface area contributed by atoms with Crippen molar-refractivity contribution >= 4 is 17.7 Å². The molecule has 0 unspecified atom stereocenters. The monoisotopic (exact) mass is 264 g/mol. The van der Waals surface area contributed by atoms with Gasteiger partial charge in [-0.1, -0.05) is 0 Å². The fourth-order valence-electron chi connectivity index (χ4n) is 1.42. The molecule has 1 N–H and O–H groups in total. The number of carbonyl (C=O) groups is 1. The molecule has 0 aliphatic rings. The molecule has 5 nitrogen and oxygen atoms in total. The van der Waals surface area contributed by atoms with Crippen molar-refractivity contribution in [3.8, 4) is 11.5 Å². The third kappa shape index (κ3) is 3.10. The van der Waals surface area contributed by atoms with Crippen molar-refractivity contribution in [1.29, 1.82) is 0 Å². The molecule has 0 atom stereocenters. The third-order valence-electron chi connectivity index (χ3n) is 2.36. The highest BCUT2D eigenvalue weighted by atomic mass is 32.2. The number of thioether (sulfide) groups is 1. The van der Waals surface area contributed by atoms with Crippen LogP contribution in [0.1, 0.15) is 12.3 Å². The molecule has 1 aromatic carbocycles. The Bertz CT molecular complexity index is 537. The molecule has 0 saturated carbocycles. The minimum absolute atomic E-state index is 0.00690. The van der Waals surface area contributed by atoms with Gasteiger partial charge in [0, 0.05) is 16.9 Å². The van der Waals surface area contributed by atoms with E-state index >= 15 is 0 Å². The van der Waals surface area contributed by atoms with Gasteiger partial charge in [0.05, 0.1) is 6.42 Å². The molecule has 6 heteroatoms. The lowest BCUT2D eigenvalue weighted by molar-refractivity contribution is -0.137. The lowest BCUT2D eigenvalue weighted by Gasteiger charge is -1.97. The maximum absolute atomic E-state index is 10.4. The van der Waals surface area contributed by atoms with Crippen LogP contribution < -0.4 is 0 Å². The van der Waals surface area contributed by atoms with Crippen LogP contribution in [0, 0.1) is 0 Å². The minimum atomic E-state index is -0.876. The van der Waals surface area contributed by atoms with Crippen LogP contribution in [0.5, 0.6) is 0 Å². The second kappa shape index (κ2) is 5.68. The number of aliphatic carboxylic acids is 1. The normalized spacial score (nSPS) is 10.5. The van der Waals surface area contributed by atoms with E-state index in [1.807, 2.05) is 30.5 Å². The molecule has 1 heterocycles. The first-order valence-electron chi connectivity index (χ1n) is 5.37. The maximum Gasteiger partial charge on any atom is 0.303 e. The summed E-state index contributed by atoms with van der Waals surface area (Å²) in [6.45, 7) is 0. The molecule has 0 radical (unpaired) electrons. The van der Waals surface area contributed by atoms with Crippen LogP contribution in [0.2, 0.25) is 0 Å². The number of aryl methyl sites for hydroxylation is 1. The van der Waals surface area contributed by atoms with Crippen molar-refractivity contribution < 1.29 is 14.3 Å².